The highest BCUT2D eigenvalue weighted by Gasteiger charge is 2.22. The molecule has 0 fully saturated rings. The summed E-state index contributed by atoms with van der Waals surface area (Å²) in [6, 6.07) is 13.8. The van der Waals surface area contributed by atoms with Crippen molar-refractivity contribution in [3.8, 4) is 11.5 Å². The molecule has 1 unspecified atom stereocenters. The van der Waals surface area contributed by atoms with Crippen LogP contribution in [0.4, 0.5) is 5.69 Å². The fraction of sp³-hybridized carbons (Fsp3) is 0.294. The Morgan fingerprint density at radius 1 is 1.24 bits per heavy atom. The molecule has 1 heterocycles. The predicted octanol–water partition coefficient (Wildman–Crippen LogP) is 4.15. The number of ether oxygens (including phenoxy) is 2. The summed E-state index contributed by atoms with van der Waals surface area (Å²) in [5, 5.41) is 4.15. The van der Waals surface area contributed by atoms with Gasteiger partial charge in [0.15, 0.2) is 0 Å². The van der Waals surface area contributed by atoms with E-state index < -0.39 is 0 Å². The molecule has 21 heavy (non-hydrogen) atoms. The van der Waals surface area contributed by atoms with Crippen molar-refractivity contribution in [3.63, 3.8) is 0 Å². The lowest BCUT2D eigenvalue weighted by molar-refractivity contribution is 0.246. The standard InChI is InChI=1S/C17H18ClNO2/c1-2-20-15-6-4-14(5-7-15)19-11-16-10-12-9-13(18)3-8-17(12)21-16/h3-9,16,19H,2,10-11H2,1H3. The molecule has 0 aromatic heterocycles. The number of nitrogens with one attached hydrogen (secondary N) is 1. The van der Waals surface area contributed by atoms with E-state index in [4.69, 9.17) is 21.1 Å². The molecule has 0 radical (unpaired) electrons. The lowest BCUT2D eigenvalue weighted by Crippen LogP contribution is -2.23. The monoisotopic (exact) mass is 303 g/mol. The lowest BCUT2D eigenvalue weighted by atomic mass is 10.1. The summed E-state index contributed by atoms with van der Waals surface area (Å²) in [5.74, 6) is 1.83. The van der Waals surface area contributed by atoms with Crippen molar-refractivity contribution in [2.45, 2.75) is 19.4 Å². The van der Waals surface area contributed by atoms with Crippen LogP contribution in [0.3, 0.4) is 0 Å². The van der Waals surface area contributed by atoms with E-state index in [0.29, 0.717) is 6.61 Å². The Morgan fingerprint density at radius 3 is 2.81 bits per heavy atom. The third-order valence-corrected chi connectivity index (χ3v) is 3.70. The molecule has 0 saturated heterocycles. The maximum absolute atomic E-state index is 6.00. The van der Waals surface area contributed by atoms with E-state index in [-0.39, 0.29) is 6.10 Å². The quantitative estimate of drug-likeness (QED) is 0.900. The largest absolute Gasteiger partial charge is 0.494 e. The summed E-state index contributed by atoms with van der Waals surface area (Å²) in [6.07, 6.45) is 1.03. The van der Waals surface area contributed by atoms with Gasteiger partial charge in [0.2, 0.25) is 0 Å². The Kier molecular flexibility index (Phi) is 4.20. The SMILES string of the molecule is CCOc1ccc(NCC2Cc3cc(Cl)ccc3O2)cc1. The first-order valence-electron chi connectivity index (χ1n) is 7.16. The van der Waals surface area contributed by atoms with Crippen LogP contribution in [0.15, 0.2) is 42.5 Å². The first kappa shape index (κ1) is 14.1. The smallest absolute Gasteiger partial charge is 0.123 e. The highest BCUT2D eigenvalue weighted by Crippen LogP contribution is 2.31. The molecule has 0 bridgehead atoms. The molecule has 3 rings (SSSR count). The van der Waals surface area contributed by atoms with Crippen LogP contribution in [0, 0.1) is 0 Å². The van der Waals surface area contributed by atoms with E-state index >= 15 is 0 Å². The Labute approximate surface area is 129 Å². The zero-order valence-corrected chi connectivity index (χ0v) is 12.7. The van der Waals surface area contributed by atoms with Gasteiger partial charge in [-0.3, -0.25) is 0 Å². The normalized spacial score (nSPS) is 16.2. The van der Waals surface area contributed by atoms with E-state index in [0.717, 1.165) is 35.2 Å². The van der Waals surface area contributed by atoms with Gasteiger partial charge in [-0.1, -0.05) is 11.6 Å². The maximum Gasteiger partial charge on any atom is 0.123 e. The molecule has 1 atom stereocenters. The number of benzene rings is 2. The van der Waals surface area contributed by atoms with E-state index in [9.17, 15) is 0 Å². The maximum atomic E-state index is 6.00. The van der Waals surface area contributed by atoms with Crippen molar-refractivity contribution in [1.29, 1.82) is 0 Å². The van der Waals surface area contributed by atoms with Gasteiger partial charge in [-0.2, -0.15) is 0 Å². The molecule has 1 aliphatic rings. The van der Waals surface area contributed by atoms with Gasteiger partial charge in [-0.05, 0) is 55.0 Å². The fourth-order valence-electron chi connectivity index (χ4n) is 2.47. The molecule has 1 aliphatic heterocycles. The fourth-order valence-corrected chi connectivity index (χ4v) is 2.66. The van der Waals surface area contributed by atoms with Crippen molar-refractivity contribution < 1.29 is 9.47 Å². The topological polar surface area (TPSA) is 30.5 Å². The van der Waals surface area contributed by atoms with E-state index in [2.05, 4.69) is 5.32 Å². The number of hydrogen-bond donors (Lipinski definition) is 1. The molecule has 4 heteroatoms. The first-order valence-corrected chi connectivity index (χ1v) is 7.54. The van der Waals surface area contributed by atoms with Crippen molar-refractivity contribution in [3.05, 3.63) is 53.1 Å². The number of rotatable bonds is 5. The van der Waals surface area contributed by atoms with Crippen molar-refractivity contribution in [2.24, 2.45) is 0 Å². The molecule has 0 saturated carbocycles. The van der Waals surface area contributed by atoms with Crippen LogP contribution in [-0.2, 0) is 6.42 Å². The van der Waals surface area contributed by atoms with E-state index in [1.807, 2.05) is 49.4 Å². The van der Waals surface area contributed by atoms with Crippen LogP contribution in [0.25, 0.3) is 0 Å². The van der Waals surface area contributed by atoms with Crippen LogP contribution >= 0.6 is 11.6 Å². The van der Waals surface area contributed by atoms with Gasteiger partial charge in [0.25, 0.3) is 0 Å². The van der Waals surface area contributed by atoms with Gasteiger partial charge < -0.3 is 14.8 Å². The number of hydrogen-bond acceptors (Lipinski definition) is 3. The summed E-state index contributed by atoms with van der Waals surface area (Å²) in [5.41, 5.74) is 2.25. The Morgan fingerprint density at radius 2 is 2.05 bits per heavy atom. The van der Waals surface area contributed by atoms with Crippen LogP contribution in [-0.4, -0.2) is 19.3 Å². The average Bonchev–Trinajstić information content (AvgIpc) is 2.89. The van der Waals surface area contributed by atoms with Crippen molar-refractivity contribution in [1.82, 2.24) is 0 Å². The summed E-state index contributed by atoms with van der Waals surface area (Å²) in [7, 11) is 0. The summed E-state index contributed by atoms with van der Waals surface area (Å²) in [4.78, 5) is 0. The zero-order chi connectivity index (χ0) is 14.7. The Bertz CT molecular complexity index is 613. The van der Waals surface area contributed by atoms with Gasteiger partial charge in [0.1, 0.15) is 17.6 Å². The molecule has 0 spiro atoms. The van der Waals surface area contributed by atoms with Gasteiger partial charge in [0.05, 0.1) is 13.2 Å². The van der Waals surface area contributed by atoms with Gasteiger partial charge >= 0.3 is 0 Å². The molecule has 2 aromatic carbocycles. The predicted molar refractivity (Wildman–Crippen MR) is 85.7 cm³/mol. The molecule has 0 aliphatic carbocycles. The van der Waals surface area contributed by atoms with Crippen LogP contribution in [0.5, 0.6) is 11.5 Å². The third kappa shape index (κ3) is 3.42. The summed E-state index contributed by atoms with van der Waals surface area (Å²) < 4.78 is 11.3. The highest BCUT2D eigenvalue weighted by atomic mass is 35.5. The first-order chi connectivity index (χ1) is 10.2. The van der Waals surface area contributed by atoms with Crippen molar-refractivity contribution in [2.75, 3.05) is 18.5 Å². The molecular formula is C17H18ClNO2. The molecule has 2 aromatic rings. The van der Waals surface area contributed by atoms with E-state index in [1.54, 1.807) is 0 Å². The second-order valence-electron chi connectivity index (χ2n) is 5.03. The summed E-state index contributed by atoms with van der Waals surface area (Å²) >= 11 is 6.00. The minimum Gasteiger partial charge on any atom is -0.494 e. The van der Waals surface area contributed by atoms with Crippen LogP contribution < -0.4 is 14.8 Å². The van der Waals surface area contributed by atoms with Gasteiger partial charge in [-0.25, -0.2) is 0 Å². The zero-order valence-electron chi connectivity index (χ0n) is 11.9. The van der Waals surface area contributed by atoms with Gasteiger partial charge in [0, 0.05) is 17.1 Å². The number of anilines is 1. The molecule has 3 nitrogen and oxygen atoms in total. The second kappa shape index (κ2) is 6.27. The minimum absolute atomic E-state index is 0.144. The van der Waals surface area contributed by atoms with Gasteiger partial charge in [-0.15, -0.1) is 0 Å². The number of fused-ring (bicyclic) bond motifs is 1. The van der Waals surface area contributed by atoms with Crippen molar-refractivity contribution >= 4 is 17.3 Å². The third-order valence-electron chi connectivity index (χ3n) is 3.46. The average molecular weight is 304 g/mol. The number of halogens is 1. The molecular weight excluding hydrogens is 286 g/mol. The molecule has 1 N–H and O–H groups in total. The minimum atomic E-state index is 0.144. The molecule has 110 valence electrons. The van der Waals surface area contributed by atoms with Crippen LogP contribution in [0.2, 0.25) is 5.02 Å². The second-order valence-corrected chi connectivity index (χ2v) is 5.47. The Hall–Kier alpha value is -1.87. The lowest BCUT2D eigenvalue weighted by Gasteiger charge is -2.13. The summed E-state index contributed by atoms with van der Waals surface area (Å²) in [6.45, 7) is 3.43. The highest BCUT2D eigenvalue weighted by molar-refractivity contribution is 6.30. The van der Waals surface area contributed by atoms with E-state index in [1.165, 1.54) is 5.56 Å². The Balaban J connectivity index is 1.55. The molecule has 0 amide bonds. The van der Waals surface area contributed by atoms with Crippen LogP contribution in [0.1, 0.15) is 12.5 Å².